The second-order valence-electron chi connectivity index (χ2n) is 4.84. The number of carbonyl (C=O) groups excluding carboxylic acids is 1. The highest BCUT2D eigenvalue weighted by atomic mass is 79.9. The summed E-state index contributed by atoms with van der Waals surface area (Å²) >= 11 is 3.28. The minimum Gasteiger partial charge on any atom is -0.354 e. The maximum atomic E-state index is 12.5. The Morgan fingerprint density at radius 2 is 2.00 bits per heavy atom. The number of hydrogen-bond donors (Lipinski definition) is 1. The van der Waals surface area contributed by atoms with Crippen molar-refractivity contribution >= 4 is 31.9 Å². The van der Waals surface area contributed by atoms with E-state index in [1.54, 1.807) is 24.3 Å². The number of nitrogens with zero attached hydrogens (tertiary/aromatic N) is 1. The standard InChI is InChI=1S/C13H17BrN2O3S/c1-10(17)15-12-5-7-16(8-6-12)20(18,19)13-4-2-3-11(14)9-13/h2-4,9,12H,5-8H2,1H3,(H,15,17). The van der Waals surface area contributed by atoms with Gasteiger partial charge in [-0.2, -0.15) is 4.31 Å². The fraction of sp³-hybridized carbons (Fsp3) is 0.462. The number of hydrogen-bond acceptors (Lipinski definition) is 3. The Morgan fingerprint density at radius 1 is 1.35 bits per heavy atom. The molecule has 0 spiro atoms. The number of nitrogens with one attached hydrogen (secondary N) is 1. The van der Waals surface area contributed by atoms with Crippen LogP contribution in [0.15, 0.2) is 33.6 Å². The highest BCUT2D eigenvalue weighted by Crippen LogP contribution is 2.23. The van der Waals surface area contributed by atoms with Crippen molar-refractivity contribution in [1.29, 1.82) is 0 Å². The molecule has 1 heterocycles. The molecule has 1 aromatic rings. The van der Waals surface area contributed by atoms with Crippen LogP contribution in [0.2, 0.25) is 0 Å². The van der Waals surface area contributed by atoms with E-state index in [4.69, 9.17) is 0 Å². The van der Waals surface area contributed by atoms with E-state index in [1.807, 2.05) is 0 Å². The van der Waals surface area contributed by atoms with Gasteiger partial charge in [-0.25, -0.2) is 8.42 Å². The molecule has 110 valence electrons. The molecule has 1 aliphatic rings. The lowest BCUT2D eigenvalue weighted by atomic mass is 10.1. The molecule has 0 atom stereocenters. The number of sulfonamides is 1. The molecule has 1 aromatic carbocycles. The number of halogens is 1. The van der Waals surface area contributed by atoms with Gasteiger partial charge < -0.3 is 5.32 Å². The van der Waals surface area contributed by atoms with Crippen molar-refractivity contribution in [2.75, 3.05) is 13.1 Å². The van der Waals surface area contributed by atoms with Crippen LogP contribution in [0, 0.1) is 0 Å². The molecule has 1 aliphatic heterocycles. The summed E-state index contributed by atoms with van der Waals surface area (Å²) in [5.41, 5.74) is 0. The topological polar surface area (TPSA) is 66.5 Å². The van der Waals surface area contributed by atoms with Crippen LogP contribution < -0.4 is 5.32 Å². The van der Waals surface area contributed by atoms with Gasteiger partial charge in [-0.3, -0.25) is 4.79 Å². The molecule has 0 aliphatic carbocycles. The van der Waals surface area contributed by atoms with E-state index in [0.717, 1.165) is 4.47 Å². The number of piperidine rings is 1. The zero-order valence-electron chi connectivity index (χ0n) is 11.2. The first-order valence-electron chi connectivity index (χ1n) is 6.42. The van der Waals surface area contributed by atoms with Gasteiger partial charge in [-0.15, -0.1) is 0 Å². The largest absolute Gasteiger partial charge is 0.354 e. The molecule has 20 heavy (non-hydrogen) atoms. The molecule has 0 saturated carbocycles. The fourth-order valence-corrected chi connectivity index (χ4v) is 4.37. The summed E-state index contributed by atoms with van der Waals surface area (Å²) in [6, 6.07) is 6.78. The minimum absolute atomic E-state index is 0.0708. The Kier molecular flexibility index (Phi) is 4.82. The molecule has 2 rings (SSSR count). The molecule has 5 nitrogen and oxygen atoms in total. The van der Waals surface area contributed by atoms with Crippen molar-refractivity contribution in [2.24, 2.45) is 0 Å². The summed E-state index contributed by atoms with van der Waals surface area (Å²) in [4.78, 5) is 11.3. The van der Waals surface area contributed by atoms with Crippen molar-refractivity contribution in [2.45, 2.75) is 30.7 Å². The van der Waals surface area contributed by atoms with E-state index in [1.165, 1.54) is 11.2 Å². The summed E-state index contributed by atoms with van der Waals surface area (Å²) in [6.07, 6.45) is 1.29. The van der Waals surface area contributed by atoms with Gasteiger partial charge >= 0.3 is 0 Å². The predicted molar refractivity (Wildman–Crippen MR) is 79.7 cm³/mol. The maximum Gasteiger partial charge on any atom is 0.243 e. The molecule has 7 heteroatoms. The Hall–Kier alpha value is -0.920. The molecular formula is C13H17BrN2O3S. The molecule has 0 bridgehead atoms. The summed E-state index contributed by atoms with van der Waals surface area (Å²) in [7, 11) is -3.45. The molecule has 1 N–H and O–H groups in total. The Morgan fingerprint density at radius 3 is 2.55 bits per heavy atom. The van der Waals surface area contributed by atoms with Gasteiger partial charge in [0.25, 0.3) is 0 Å². The van der Waals surface area contributed by atoms with E-state index in [-0.39, 0.29) is 11.9 Å². The van der Waals surface area contributed by atoms with Crippen LogP contribution in [-0.2, 0) is 14.8 Å². The first kappa shape index (κ1) is 15.5. The third-order valence-corrected chi connectivity index (χ3v) is 5.68. The smallest absolute Gasteiger partial charge is 0.243 e. The summed E-state index contributed by atoms with van der Waals surface area (Å²) < 4.78 is 27.2. The Balaban J connectivity index is 2.08. The second kappa shape index (κ2) is 6.24. The fourth-order valence-electron chi connectivity index (χ4n) is 2.30. The Bertz CT molecular complexity index is 595. The average Bonchev–Trinajstić information content (AvgIpc) is 2.38. The lowest BCUT2D eigenvalue weighted by Crippen LogP contribution is -2.45. The van der Waals surface area contributed by atoms with Gasteiger partial charge in [-0.1, -0.05) is 22.0 Å². The summed E-state index contributed by atoms with van der Waals surface area (Å²) in [5.74, 6) is -0.0710. The minimum atomic E-state index is -3.45. The van der Waals surface area contributed by atoms with Gasteiger partial charge in [0.15, 0.2) is 0 Å². The zero-order chi connectivity index (χ0) is 14.8. The molecule has 1 saturated heterocycles. The molecule has 0 radical (unpaired) electrons. The SMILES string of the molecule is CC(=O)NC1CCN(S(=O)(=O)c2cccc(Br)c2)CC1. The van der Waals surface area contributed by atoms with Crippen molar-refractivity contribution in [3.63, 3.8) is 0 Å². The van der Waals surface area contributed by atoms with Crippen molar-refractivity contribution in [3.8, 4) is 0 Å². The molecule has 1 fully saturated rings. The van der Waals surface area contributed by atoms with E-state index >= 15 is 0 Å². The number of benzene rings is 1. The molecule has 0 aromatic heterocycles. The number of rotatable bonds is 3. The summed E-state index contributed by atoms with van der Waals surface area (Å²) in [6.45, 7) is 2.34. The second-order valence-corrected chi connectivity index (χ2v) is 7.69. The van der Waals surface area contributed by atoms with E-state index in [0.29, 0.717) is 30.8 Å². The van der Waals surface area contributed by atoms with Gasteiger partial charge in [0, 0.05) is 30.5 Å². The lowest BCUT2D eigenvalue weighted by Gasteiger charge is -2.31. The first-order chi connectivity index (χ1) is 9.39. The van der Waals surface area contributed by atoms with Crippen molar-refractivity contribution in [1.82, 2.24) is 9.62 Å². The van der Waals surface area contributed by atoms with E-state index in [9.17, 15) is 13.2 Å². The highest BCUT2D eigenvalue weighted by molar-refractivity contribution is 9.10. The van der Waals surface area contributed by atoms with Crippen LogP contribution in [0.1, 0.15) is 19.8 Å². The maximum absolute atomic E-state index is 12.5. The van der Waals surface area contributed by atoms with Gasteiger partial charge in [0.05, 0.1) is 4.90 Å². The molecule has 1 amide bonds. The zero-order valence-corrected chi connectivity index (χ0v) is 13.6. The van der Waals surface area contributed by atoms with Crippen LogP contribution in [0.3, 0.4) is 0 Å². The number of carbonyl (C=O) groups is 1. The number of amides is 1. The van der Waals surface area contributed by atoms with Crippen LogP contribution >= 0.6 is 15.9 Å². The van der Waals surface area contributed by atoms with Crippen LogP contribution in [-0.4, -0.2) is 37.8 Å². The quantitative estimate of drug-likeness (QED) is 0.892. The Labute approximate surface area is 127 Å². The van der Waals surface area contributed by atoms with E-state index in [2.05, 4.69) is 21.2 Å². The highest BCUT2D eigenvalue weighted by Gasteiger charge is 2.29. The average molecular weight is 361 g/mol. The van der Waals surface area contributed by atoms with Gasteiger partial charge in [0.2, 0.25) is 15.9 Å². The van der Waals surface area contributed by atoms with Crippen molar-refractivity contribution in [3.05, 3.63) is 28.7 Å². The summed E-state index contributed by atoms with van der Waals surface area (Å²) in [5, 5.41) is 2.83. The monoisotopic (exact) mass is 360 g/mol. The van der Waals surface area contributed by atoms with Gasteiger partial charge in [0.1, 0.15) is 0 Å². The predicted octanol–water partition coefficient (Wildman–Crippen LogP) is 1.74. The van der Waals surface area contributed by atoms with Crippen LogP contribution in [0.25, 0.3) is 0 Å². The van der Waals surface area contributed by atoms with E-state index < -0.39 is 10.0 Å². The van der Waals surface area contributed by atoms with Gasteiger partial charge in [-0.05, 0) is 31.0 Å². The molecular weight excluding hydrogens is 344 g/mol. The van der Waals surface area contributed by atoms with Crippen LogP contribution in [0.5, 0.6) is 0 Å². The van der Waals surface area contributed by atoms with Crippen molar-refractivity contribution < 1.29 is 13.2 Å². The van der Waals surface area contributed by atoms with Crippen LogP contribution in [0.4, 0.5) is 0 Å². The third-order valence-electron chi connectivity index (χ3n) is 3.30. The normalized spacial score (nSPS) is 17.9. The third kappa shape index (κ3) is 3.59. The molecule has 0 unspecified atom stereocenters. The lowest BCUT2D eigenvalue weighted by molar-refractivity contribution is -0.119. The first-order valence-corrected chi connectivity index (χ1v) is 8.66.